The fourth-order valence-corrected chi connectivity index (χ4v) is 3.14. The third-order valence-corrected chi connectivity index (χ3v) is 4.90. The summed E-state index contributed by atoms with van der Waals surface area (Å²) >= 11 is 0. The molecule has 2 heterocycles. The number of nitrogens with one attached hydrogen (secondary N) is 2. The molecule has 1 aromatic heterocycles. The van der Waals surface area contributed by atoms with E-state index in [2.05, 4.69) is 20.6 Å². The Balaban J connectivity index is 1.48. The number of aromatic nitrogens is 2. The van der Waals surface area contributed by atoms with Crippen molar-refractivity contribution in [2.45, 2.75) is 26.3 Å². The Bertz CT molecular complexity index is 1440. The van der Waals surface area contributed by atoms with Crippen molar-refractivity contribution in [3.8, 4) is 5.75 Å². The predicted molar refractivity (Wildman–Crippen MR) is 121 cm³/mol. The van der Waals surface area contributed by atoms with E-state index in [0.717, 1.165) is 12.4 Å². The fourth-order valence-electron chi connectivity index (χ4n) is 3.14. The molecule has 2 amide bonds. The summed E-state index contributed by atoms with van der Waals surface area (Å²) in [4.78, 5) is 56.2. The van der Waals surface area contributed by atoms with Crippen LogP contribution in [-0.4, -0.2) is 40.0 Å². The Kier molecular flexibility index (Phi) is 5.33. The smallest absolute Gasteiger partial charge is 0.270 e. The molecule has 9 heteroatoms. The van der Waals surface area contributed by atoms with Gasteiger partial charge in [0.15, 0.2) is 11.6 Å². The normalized spacial score (nSPS) is 14.9. The Morgan fingerprint density at radius 2 is 1.56 bits per heavy atom. The van der Waals surface area contributed by atoms with Gasteiger partial charge in [-0.15, -0.1) is 0 Å². The van der Waals surface area contributed by atoms with Gasteiger partial charge in [0.2, 0.25) is 0 Å². The molecule has 4 rings (SSSR count). The standard InChI is InChI=1S/C25H22N4O5/c1-15(30)18-5-2-16(3-6-18)11-26-24(32)21-10-22(29-14-28-21)25(33)27-12-17-4-7-23-19(8-17)9-20(31)13-34-23/h2-8,10,14H,9,11-13H2,1H3,(H,26,32)(H,27,33)/i11D2,12D2. The molecule has 0 saturated carbocycles. The lowest BCUT2D eigenvalue weighted by Crippen LogP contribution is -2.27. The second-order valence-electron chi connectivity index (χ2n) is 7.41. The minimum atomic E-state index is -2.36. The molecule has 172 valence electrons. The lowest BCUT2D eigenvalue weighted by Gasteiger charge is -2.17. The van der Waals surface area contributed by atoms with Crippen LogP contribution in [0.1, 0.15) is 60.4 Å². The van der Waals surface area contributed by atoms with Crippen LogP contribution < -0.4 is 15.4 Å². The number of carbonyl (C=O) groups is 4. The topological polar surface area (TPSA) is 127 Å². The molecule has 2 N–H and O–H groups in total. The number of nitrogens with zero attached hydrogens (tertiary/aromatic N) is 2. The predicted octanol–water partition coefficient (Wildman–Crippen LogP) is 2.04. The highest BCUT2D eigenvalue weighted by Crippen LogP contribution is 2.24. The van der Waals surface area contributed by atoms with E-state index in [1.807, 2.05) is 0 Å². The van der Waals surface area contributed by atoms with Crippen LogP contribution in [0.3, 0.4) is 0 Å². The summed E-state index contributed by atoms with van der Waals surface area (Å²) in [6, 6.07) is 11.0. The molecule has 0 bridgehead atoms. The molecule has 3 aromatic rings. The van der Waals surface area contributed by atoms with Gasteiger partial charge in [-0.05, 0) is 30.2 Å². The first kappa shape index (κ1) is 18.1. The number of benzene rings is 2. The zero-order valence-electron chi connectivity index (χ0n) is 22.0. The lowest BCUT2D eigenvalue weighted by molar-refractivity contribution is -0.121. The number of Topliss-reactive ketones (excluding diaryl/α,β-unsaturated/α-hetero) is 2. The van der Waals surface area contributed by atoms with Gasteiger partial charge in [0.1, 0.15) is 30.1 Å². The van der Waals surface area contributed by atoms with Gasteiger partial charge in [-0.3, -0.25) is 19.2 Å². The zero-order chi connectivity index (χ0) is 27.7. The summed E-state index contributed by atoms with van der Waals surface area (Å²) in [6.45, 7) is -3.35. The van der Waals surface area contributed by atoms with Gasteiger partial charge >= 0.3 is 0 Å². The molecule has 0 atom stereocenters. The first-order valence-electron chi connectivity index (χ1n) is 12.2. The number of amides is 2. The summed E-state index contributed by atoms with van der Waals surface area (Å²) in [6.07, 6.45) is 1.02. The Hall–Kier alpha value is -4.40. The number of ether oxygens (including phenoxy) is 1. The summed E-state index contributed by atoms with van der Waals surface area (Å²) in [7, 11) is 0. The Morgan fingerprint density at radius 1 is 0.941 bits per heavy atom. The van der Waals surface area contributed by atoms with Crippen LogP contribution in [0.15, 0.2) is 54.9 Å². The maximum Gasteiger partial charge on any atom is 0.270 e. The number of ketones is 2. The molecule has 0 unspecified atom stereocenters. The average molecular weight is 462 g/mol. The second-order valence-corrected chi connectivity index (χ2v) is 7.41. The van der Waals surface area contributed by atoms with Crippen molar-refractivity contribution in [3.05, 3.63) is 88.5 Å². The summed E-state index contributed by atoms with van der Waals surface area (Å²) in [5, 5.41) is 4.39. The molecule has 2 aromatic carbocycles. The third-order valence-electron chi connectivity index (χ3n) is 4.90. The highest BCUT2D eigenvalue weighted by atomic mass is 16.5. The van der Waals surface area contributed by atoms with Crippen LogP contribution in [0, 0.1) is 0 Å². The molecule has 34 heavy (non-hydrogen) atoms. The summed E-state index contributed by atoms with van der Waals surface area (Å²) < 4.78 is 38.4. The molecule has 9 nitrogen and oxygen atoms in total. The van der Waals surface area contributed by atoms with Crippen LogP contribution in [0.2, 0.25) is 0 Å². The van der Waals surface area contributed by atoms with Gasteiger partial charge in [-0.1, -0.05) is 30.3 Å². The van der Waals surface area contributed by atoms with E-state index in [1.165, 1.54) is 49.4 Å². The maximum absolute atomic E-state index is 12.8. The van der Waals surface area contributed by atoms with Crippen LogP contribution in [0.25, 0.3) is 0 Å². The molecular weight excluding hydrogens is 436 g/mol. The molecule has 1 aliphatic rings. The van der Waals surface area contributed by atoms with E-state index in [-0.39, 0.29) is 47.1 Å². The van der Waals surface area contributed by atoms with Crippen molar-refractivity contribution in [2.24, 2.45) is 0 Å². The molecule has 0 saturated heterocycles. The monoisotopic (exact) mass is 462 g/mol. The van der Waals surface area contributed by atoms with Crippen LogP contribution >= 0.6 is 0 Å². The highest BCUT2D eigenvalue weighted by Gasteiger charge is 2.18. The quantitative estimate of drug-likeness (QED) is 0.514. The Morgan fingerprint density at radius 3 is 2.21 bits per heavy atom. The SMILES string of the molecule is [2H]C([2H])(NC(=O)c1cc(C(=O)NC([2H])([2H])c2ccc3c(c2)CC(=O)CO3)ncn1)c1ccc(C(C)=O)cc1. The van der Waals surface area contributed by atoms with Crippen LogP contribution in [0.4, 0.5) is 0 Å². The molecule has 0 aliphatic carbocycles. The first-order valence-corrected chi connectivity index (χ1v) is 10.2. The number of carbonyl (C=O) groups excluding carboxylic acids is 4. The zero-order valence-corrected chi connectivity index (χ0v) is 18.0. The molecule has 1 aliphatic heterocycles. The van der Waals surface area contributed by atoms with Gasteiger partial charge in [-0.25, -0.2) is 9.97 Å². The number of rotatable bonds is 7. The number of hydrogen-bond donors (Lipinski definition) is 2. The minimum Gasteiger partial charge on any atom is -0.486 e. The third kappa shape index (κ3) is 5.50. The van der Waals surface area contributed by atoms with Crippen LogP contribution in [0.5, 0.6) is 5.75 Å². The van der Waals surface area contributed by atoms with E-state index < -0.39 is 24.8 Å². The van der Waals surface area contributed by atoms with Gasteiger partial charge in [0, 0.05) is 36.6 Å². The van der Waals surface area contributed by atoms with Gasteiger partial charge in [0.25, 0.3) is 11.8 Å². The molecular formula is C25H22N4O5. The second kappa shape index (κ2) is 10.0. The maximum atomic E-state index is 12.8. The van der Waals surface area contributed by atoms with E-state index in [1.54, 1.807) is 0 Å². The lowest BCUT2D eigenvalue weighted by atomic mass is 10.0. The fraction of sp³-hybridized carbons (Fsp3) is 0.200. The minimum absolute atomic E-state index is 0.0483. The summed E-state index contributed by atoms with van der Waals surface area (Å²) in [5.74, 6) is -1.75. The largest absolute Gasteiger partial charge is 0.486 e. The van der Waals surface area contributed by atoms with Crippen molar-refractivity contribution >= 4 is 23.4 Å². The van der Waals surface area contributed by atoms with Gasteiger partial charge in [0.05, 0.1) is 5.48 Å². The van der Waals surface area contributed by atoms with Crippen molar-refractivity contribution < 1.29 is 29.4 Å². The molecule has 0 spiro atoms. The van der Waals surface area contributed by atoms with Crippen molar-refractivity contribution in [2.75, 3.05) is 6.61 Å². The van der Waals surface area contributed by atoms with E-state index in [9.17, 15) is 19.2 Å². The van der Waals surface area contributed by atoms with Crippen molar-refractivity contribution in [3.63, 3.8) is 0 Å². The van der Waals surface area contributed by atoms with E-state index >= 15 is 0 Å². The molecule has 0 fully saturated rings. The van der Waals surface area contributed by atoms with Gasteiger partial charge < -0.3 is 15.4 Å². The number of hydrogen-bond acceptors (Lipinski definition) is 7. The average Bonchev–Trinajstić information content (AvgIpc) is 2.87. The number of fused-ring (bicyclic) bond motifs is 1. The van der Waals surface area contributed by atoms with Crippen molar-refractivity contribution in [1.29, 1.82) is 0 Å². The van der Waals surface area contributed by atoms with Crippen molar-refractivity contribution in [1.82, 2.24) is 20.6 Å². The Labute approximate surface area is 201 Å². The van der Waals surface area contributed by atoms with E-state index in [4.69, 9.17) is 10.2 Å². The first-order chi connectivity index (χ1) is 17.9. The highest BCUT2D eigenvalue weighted by molar-refractivity contribution is 5.97. The van der Waals surface area contributed by atoms with Gasteiger partial charge in [-0.2, -0.15) is 0 Å². The van der Waals surface area contributed by atoms with E-state index in [0.29, 0.717) is 16.9 Å². The molecule has 0 radical (unpaired) electrons. The van der Waals surface area contributed by atoms with Crippen LogP contribution in [-0.2, 0) is 24.2 Å². The summed E-state index contributed by atoms with van der Waals surface area (Å²) in [5.41, 5.74) is 0.422.